The molecule has 4 aliphatic rings. The molecule has 3 amide bonds. The number of carbonyl (C=O) groups is 3. The Morgan fingerprint density at radius 2 is 1.04 bits per heavy atom. The van der Waals surface area contributed by atoms with Crippen LogP contribution in [0.1, 0.15) is 117 Å². The van der Waals surface area contributed by atoms with Crippen LogP contribution < -0.4 is 86.3 Å². The summed E-state index contributed by atoms with van der Waals surface area (Å²) < 4.78 is 43.3. The predicted octanol–water partition coefficient (Wildman–Crippen LogP) is 14.1. The van der Waals surface area contributed by atoms with E-state index in [1.54, 1.807) is 112 Å². The molecule has 748 valence electrons. The summed E-state index contributed by atoms with van der Waals surface area (Å²) in [5.74, 6) is 6.16. The number of ether oxygens (including phenoxy) is 7. The Kier molecular flexibility index (Phi) is 38.4. The lowest BCUT2D eigenvalue weighted by molar-refractivity contribution is -0.141. The summed E-state index contributed by atoms with van der Waals surface area (Å²) in [4.78, 5) is 66.5. The molecule has 5 atom stereocenters. The molecule has 0 bridgehead atoms. The number of nitrogens with one attached hydrogen (secondary N) is 4. The summed E-state index contributed by atoms with van der Waals surface area (Å²) in [5.41, 5.74) is 28.5. The van der Waals surface area contributed by atoms with Crippen LogP contribution in [0.3, 0.4) is 0 Å². The number of aromatic hydroxyl groups is 3. The van der Waals surface area contributed by atoms with Gasteiger partial charge in [-0.05, 0) is 225 Å². The number of piperazine rings is 2. The first-order valence-electron chi connectivity index (χ1n) is 46.1. The van der Waals surface area contributed by atoms with Crippen molar-refractivity contribution in [3.05, 3.63) is 237 Å². The number of aliphatic hydroxyl groups excluding tert-OH is 3. The van der Waals surface area contributed by atoms with Crippen molar-refractivity contribution in [2.24, 2.45) is 0 Å². The van der Waals surface area contributed by atoms with Gasteiger partial charge in [0.25, 0.3) is 11.8 Å². The van der Waals surface area contributed by atoms with E-state index in [1.165, 1.54) is 65.0 Å². The fraction of sp³-hybridized carbons (Fsp3) is 0.375. The van der Waals surface area contributed by atoms with Gasteiger partial charge in [-0.15, -0.1) is 0 Å². The van der Waals surface area contributed by atoms with Crippen LogP contribution >= 0.6 is 23.2 Å². The zero-order chi connectivity index (χ0) is 101. The quantitative estimate of drug-likeness (QED) is 0.0129. The summed E-state index contributed by atoms with van der Waals surface area (Å²) >= 11 is 11.8. The second-order valence-electron chi connectivity index (χ2n) is 36.2. The molecule has 9 aromatic carbocycles. The van der Waals surface area contributed by atoms with E-state index in [0.29, 0.717) is 196 Å². The van der Waals surface area contributed by atoms with Crippen LogP contribution in [0.15, 0.2) is 193 Å². The molecule has 0 saturated carbocycles. The average Bonchev–Trinajstić information content (AvgIpc) is 0.983. The van der Waals surface area contributed by atoms with Crippen LogP contribution in [0.4, 0.5) is 46.3 Å². The third-order valence-electron chi connectivity index (χ3n) is 23.3. The number of methoxy groups -OCH3 is 5. The fourth-order valence-corrected chi connectivity index (χ4v) is 16.2. The Hall–Kier alpha value is -13.6. The van der Waals surface area contributed by atoms with E-state index >= 15 is 0 Å². The number of furan rings is 1. The van der Waals surface area contributed by atoms with Crippen molar-refractivity contribution in [3.63, 3.8) is 0 Å². The number of aryl methyl sites for hydroxylation is 2. The number of nitrogens with zero attached hydrogens (tertiary/aromatic N) is 10. The Morgan fingerprint density at radius 3 is 1.53 bits per heavy atom. The van der Waals surface area contributed by atoms with E-state index in [9.17, 15) is 45.0 Å². The van der Waals surface area contributed by atoms with E-state index < -0.39 is 24.4 Å². The number of benzene rings is 9. The van der Waals surface area contributed by atoms with Gasteiger partial charge in [-0.2, -0.15) is 9.97 Å². The Morgan fingerprint density at radius 1 is 0.557 bits per heavy atom. The predicted molar refractivity (Wildman–Crippen MR) is 550 cm³/mol. The van der Waals surface area contributed by atoms with Crippen LogP contribution in [0.25, 0.3) is 21.8 Å². The number of anilines is 8. The monoisotopic (exact) mass is 1960 g/mol. The van der Waals surface area contributed by atoms with Gasteiger partial charge in [0.1, 0.15) is 41.2 Å². The molecule has 4 aliphatic heterocycles. The Bertz CT molecular complexity index is 5990. The van der Waals surface area contributed by atoms with Gasteiger partial charge in [-0.1, -0.05) is 89.9 Å². The smallest absolute Gasteiger partial charge is 0.289 e. The second-order valence-corrected chi connectivity index (χ2v) is 37.0. The number of β-amino-alcohol motifs (C(OH)–C–C–N with tert-alkyl or cyclic N) is 2. The molecule has 34 nitrogen and oxygen atoms in total. The van der Waals surface area contributed by atoms with Gasteiger partial charge < -0.3 is 136 Å². The normalized spacial score (nSPS) is 14.7. The highest BCUT2D eigenvalue weighted by Crippen LogP contribution is 2.41. The van der Waals surface area contributed by atoms with Crippen LogP contribution in [0.2, 0.25) is 10.0 Å². The summed E-state index contributed by atoms with van der Waals surface area (Å²) in [6, 6.07) is 55.7. The maximum atomic E-state index is 13.0. The van der Waals surface area contributed by atoms with Gasteiger partial charge in [0.15, 0.2) is 40.3 Å². The number of aromatic nitrogens is 4. The molecule has 3 unspecified atom stereocenters. The molecule has 0 spiro atoms. The maximum absolute atomic E-state index is 13.0. The summed E-state index contributed by atoms with van der Waals surface area (Å²) in [6.07, 6.45) is 3.45. The number of carbonyl (C=O) groups excluding carboxylic acids is 3. The fourth-order valence-electron chi connectivity index (χ4n) is 15.7. The molecule has 16 N–H and O–H groups in total. The number of nitrogen functional groups attached to an aromatic ring is 3. The minimum absolute atomic E-state index is 0.0381. The first kappa shape index (κ1) is 107. The molecule has 7 heterocycles. The van der Waals surface area contributed by atoms with Crippen molar-refractivity contribution < 1.29 is 82.6 Å². The number of phenolic OH excluding ortho intramolecular Hbond substituents is 3. The van der Waals surface area contributed by atoms with Crippen molar-refractivity contribution in [3.8, 4) is 57.5 Å². The zero-order valence-corrected chi connectivity index (χ0v) is 83.2. The molecular weight excluding hydrogens is 1830 g/mol. The lowest BCUT2D eigenvalue weighted by Gasteiger charge is -2.37. The number of halogens is 2. The number of phenols is 3. The number of fused-ring (bicyclic) bond motifs is 5. The minimum atomic E-state index is -0.753. The van der Waals surface area contributed by atoms with Crippen LogP contribution in [-0.4, -0.2) is 248 Å². The van der Waals surface area contributed by atoms with E-state index in [-0.39, 0.29) is 58.5 Å². The van der Waals surface area contributed by atoms with Crippen molar-refractivity contribution in [1.29, 1.82) is 0 Å². The van der Waals surface area contributed by atoms with Crippen LogP contribution in [-0.2, 0) is 28.9 Å². The SMILES string of the molecule is CC(C)(C)NCC(O)c1cc(Cl)c(N)c(Cl)c1.CC(C)(C)NCC(O)c1cc(O)cc(O)c1.CN(C)CCCN1c2ccccc2CCc2ccccc21.COc1cc2nc(N3CCN(C(=O)C4COc5ccccc5O4)CC3)nc(N)c2cc1OC.COc1cc2nc(N3CCN(C(=O)c4ccco4)CC3)nc(N)c2cc1OC.COc1ccc(C[C@@H](C)NC[C@H](O)c2ccc(O)c(NC=O)c2)cc1. The summed E-state index contributed by atoms with van der Waals surface area (Å²) in [5, 5.41) is 72.5. The number of nitrogens with two attached hydrogens (primary N) is 3. The molecule has 16 rings (SSSR count). The molecule has 2 fully saturated rings. The Labute approximate surface area is 827 Å². The van der Waals surface area contributed by atoms with Gasteiger partial charge in [0, 0.05) is 136 Å². The number of hydrogen-bond donors (Lipinski definition) is 13. The van der Waals surface area contributed by atoms with Crippen LogP contribution in [0.5, 0.6) is 57.5 Å². The highest BCUT2D eigenvalue weighted by molar-refractivity contribution is 6.39. The first-order valence-corrected chi connectivity index (χ1v) is 46.9. The van der Waals surface area contributed by atoms with Gasteiger partial charge >= 0.3 is 0 Å². The largest absolute Gasteiger partial charge is 0.508 e. The molecule has 0 aliphatic carbocycles. The molecular formula is C104H131Cl2N17O17. The first-order chi connectivity index (χ1) is 66.9. The van der Waals surface area contributed by atoms with E-state index in [0.717, 1.165) is 38.1 Å². The van der Waals surface area contributed by atoms with Gasteiger partial charge in [-0.3, -0.25) is 14.4 Å². The average molecular weight is 1960 g/mol. The lowest BCUT2D eigenvalue weighted by atomic mass is 10.0. The standard InChI is InChI=1S/C23H25N5O5.C19H21N5O4.C19H24N2O4.C19H24N2.C12H18Cl2N2O.C12H19NO3/c1-30-18-11-14-15(12-19(18)31-2)25-23(26-21(14)24)28-9-7-27(8-10-28)22(29)20-13-32-16-5-3-4-6-17(16)33-20;1-26-15-10-12-13(11-16(15)27-2)21-19(22-17(12)20)24-7-5-23(6-8-24)18(25)14-4-3-9-28-14;1-13(9-14-3-6-16(25-2)7-4-14)20-11-19(24)15-5-8-18(23)17(10-15)21-12-22;1-20(2)14-7-15-21-18-10-5-3-8-16(18)12-13-17-9-4-6-11-19(17)21;1-12(2,3)16-6-10(17)7-4-8(13)11(15)9(14)5-7;1-12(2,3)13-7-11(16)8-4-9(14)6-10(15)5-8/h3-6,11-12,20H,7-10,13H2,1-2H3,(H2,24,25,26);3-4,9-11H,5-8H2,1-2H3,(H2,20,21,22);3-8,10,12-13,19-20,23-24H,9,11H2,1-2H3,(H,21,22);3-6,8-11H,7,12-15H2,1-2H3;4-5,10,16-17H,6,15H2,1-3H3;4-6,11,13-16H,7H2,1-3H3/t;;13-,19+;;;/m..1.../s1. The maximum Gasteiger partial charge on any atom is 0.289 e. The summed E-state index contributed by atoms with van der Waals surface area (Å²) in [7, 11) is 12.2. The summed E-state index contributed by atoms with van der Waals surface area (Å²) in [6.45, 7) is 22.2. The third kappa shape index (κ3) is 30.0. The lowest BCUT2D eigenvalue weighted by Crippen LogP contribution is -2.54. The highest BCUT2D eigenvalue weighted by atomic mass is 35.5. The minimum Gasteiger partial charge on any atom is -0.508 e. The highest BCUT2D eigenvalue weighted by Gasteiger charge is 2.35. The van der Waals surface area contributed by atoms with Gasteiger partial charge in [0.05, 0.1) is 92.6 Å². The second kappa shape index (κ2) is 50.3. The third-order valence-corrected chi connectivity index (χ3v) is 23.9. The van der Waals surface area contributed by atoms with E-state index in [1.807, 2.05) is 101 Å². The van der Waals surface area contributed by atoms with Gasteiger partial charge in [-0.25, -0.2) is 9.97 Å². The number of aliphatic hydroxyl groups is 3. The van der Waals surface area contributed by atoms with Crippen molar-refractivity contribution >= 4 is 110 Å². The van der Waals surface area contributed by atoms with E-state index in [4.69, 9.17) is 78.0 Å². The molecule has 36 heteroatoms. The van der Waals surface area contributed by atoms with E-state index in [2.05, 4.69) is 114 Å². The van der Waals surface area contributed by atoms with Crippen LogP contribution in [0, 0.1) is 0 Å². The molecule has 3 aromatic heterocycles. The molecule has 0 radical (unpaired) electrons. The topological polar surface area (TPSA) is 448 Å². The number of rotatable bonds is 27. The molecule has 12 aromatic rings. The number of hydrogen-bond acceptors (Lipinski definition) is 31. The Balaban J connectivity index is 0.000000164. The number of amides is 3. The van der Waals surface area contributed by atoms with Crippen molar-refractivity contribution in [1.82, 2.24) is 50.6 Å². The molecule has 140 heavy (non-hydrogen) atoms. The van der Waals surface area contributed by atoms with Gasteiger partial charge in [0.2, 0.25) is 24.4 Å². The molecule has 2 saturated heterocycles. The van der Waals surface area contributed by atoms with Crippen molar-refractivity contribution in [2.45, 2.75) is 116 Å². The van der Waals surface area contributed by atoms with Crippen molar-refractivity contribution in [2.75, 3.05) is 179 Å². The number of para-hydroxylation sites is 4. The zero-order valence-electron chi connectivity index (χ0n) is 81.7.